The molecule has 0 aromatic carbocycles. The summed E-state index contributed by atoms with van der Waals surface area (Å²) in [6.45, 7) is 9.96. The van der Waals surface area contributed by atoms with Crippen LogP contribution in [-0.2, 0) is 16.1 Å². The predicted molar refractivity (Wildman–Crippen MR) is 92.3 cm³/mol. The van der Waals surface area contributed by atoms with Crippen LogP contribution in [0.3, 0.4) is 0 Å². The molecule has 24 heavy (non-hydrogen) atoms. The summed E-state index contributed by atoms with van der Waals surface area (Å²) in [5.74, 6) is -0.440. The molecule has 0 fully saturated rings. The van der Waals surface area contributed by atoms with Crippen molar-refractivity contribution in [2.75, 3.05) is 20.7 Å². The van der Waals surface area contributed by atoms with Crippen LogP contribution in [0.4, 0.5) is 0 Å². The number of hydrogen-bond donors (Lipinski definition) is 0. The quantitative estimate of drug-likeness (QED) is 0.567. The van der Waals surface area contributed by atoms with Crippen molar-refractivity contribution in [3.8, 4) is 0 Å². The zero-order valence-electron chi connectivity index (χ0n) is 15.7. The lowest BCUT2D eigenvalue weighted by atomic mass is 10.0. The Morgan fingerprint density at radius 1 is 1.21 bits per heavy atom. The second-order valence-corrected chi connectivity index (χ2v) is 6.44. The molecular formula is C18H28N2O4. The average Bonchev–Trinajstić information content (AvgIpc) is 2.75. The number of rotatable bonds is 7. The second-order valence-electron chi connectivity index (χ2n) is 6.44. The van der Waals surface area contributed by atoms with Crippen LogP contribution in [0.25, 0.3) is 0 Å². The molecule has 0 aliphatic heterocycles. The number of ketones is 1. The zero-order valence-corrected chi connectivity index (χ0v) is 15.7. The molecule has 6 heteroatoms. The number of aromatic nitrogens is 1. The lowest BCUT2D eigenvalue weighted by Gasteiger charge is -2.18. The molecule has 0 saturated heterocycles. The second kappa shape index (κ2) is 8.13. The van der Waals surface area contributed by atoms with E-state index in [2.05, 4.69) is 0 Å². The number of nitrogens with zero attached hydrogens (tertiary/aromatic N) is 2. The van der Waals surface area contributed by atoms with Crippen molar-refractivity contribution < 1.29 is 19.1 Å². The predicted octanol–water partition coefficient (Wildman–Crippen LogP) is 2.60. The summed E-state index contributed by atoms with van der Waals surface area (Å²) in [5, 5.41) is 0. The number of Topliss-reactive ketones (excluding diaryl/α,β-unsaturated/α-hetero) is 1. The first-order valence-electron chi connectivity index (χ1n) is 8.20. The van der Waals surface area contributed by atoms with Crippen LogP contribution in [0.2, 0.25) is 0 Å². The number of esters is 1. The highest BCUT2D eigenvalue weighted by atomic mass is 16.5. The topological polar surface area (TPSA) is 68.6 Å². The number of amides is 1. The van der Waals surface area contributed by atoms with Crippen molar-refractivity contribution in [3.05, 3.63) is 22.5 Å². The molecule has 134 valence electrons. The van der Waals surface area contributed by atoms with E-state index in [1.807, 2.05) is 27.7 Å². The van der Waals surface area contributed by atoms with Crippen LogP contribution in [-0.4, -0.2) is 47.8 Å². The minimum Gasteiger partial charge on any atom is -0.464 e. The molecule has 0 saturated carbocycles. The van der Waals surface area contributed by atoms with E-state index in [1.54, 1.807) is 18.5 Å². The molecule has 0 aliphatic carbocycles. The fourth-order valence-corrected chi connectivity index (χ4v) is 2.95. The van der Waals surface area contributed by atoms with E-state index in [4.69, 9.17) is 4.74 Å². The van der Waals surface area contributed by atoms with Crippen LogP contribution in [0.15, 0.2) is 0 Å². The van der Waals surface area contributed by atoms with Gasteiger partial charge in [0, 0.05) is 31.3 Å². The van der Waals surface area contributed by atoms with Crippen LogP contribution in [0.5, 0.6) is 0 Å². The molecule has 1 amide bonds. The van der Waals surface area contributed by atoms with Gasteiger partial charge < -0.3 is 14.2 Å². The molecule has 0 spiro atoms. The molecular weight excluding hydrogens is 308 g/mol. The molecule has 1 rings (SSSR count). The first-order valence-corrected chi connectivity index (χ1v) is 8.20. The Morgan fingerprint density at radius 3 is 2.25 bits per heavy atom. The standard InChI is InChI=1S/C18H28N2O4/c1-8-20-13(5)16(12(4)17(20)18(23)24-7)14(21)10-19(6)15(22)9-11(2)3/h11H,8-10H2,1-7H3. The number of carbonyl (C=O) groups is 3. The summed E-state index contributed by atoms with van der Waals surface area (Å²) >= 11 is 0. The average molecular weight is 336 g/mol. The summed E-state index contributed by atoms with van der Waals surface area (Å²) in [6, 6.07) is 0. The van der Waals surface area contributed by atoms with E-state index < -0.39 is 5.97 Å². The molecule has 0 bridgehead atoms. The fraction of sp³-hybridized carbons (Fsp3) is 0.611. The molecule has 1 aromatic heterocycles. The normalized spacial score (nSPS) is 10.8. The van der Waals surface area contributed by atoms with Gasteiger partial charge in [-0.2, -0.15) is 0 Å². The Morgan fingerprint density at radius 2 is 1.79 bits per heavy atom. The van der Waals surface area contributed by atoms with Crippen molar-refractivity contribution >= 4 is 17.7 Å². The molecule has 0 unspecified atom stereocenters. The van der Waals surface area contributed by atoms with Crippen LogP contribution in [0.1, 0.15) is 59.3 Å². The summed E-state index contributed by atoms with van der Waals surface area (Å²) < 4.78 is 6.62. The zero-order chi connectivity index (χ0) is 18.6. The number of methoxy groups -OCH3 is 1. The van der Waals surface area contributed by atoms with Crippen molar-refractivity contribution in [1.82, 2.24) is 9.47 Å². The highest BCUT2D eigenvalue weighted by Crippen LogP contribution is 2.24. The lowest BCUT2D eigenvalue weighted by molar-refractivity contribution is -0.130. The van der Waals surface area contributed by atoms with Gasteiger partial charge in [0.15, 0.2) is 5.78 Å². The minimum atomic E-state index is -0.458. The van der Waals surface area contributed by atoms with Gasteiger partial charge >= 0.3 is 5.97 Å². The lowest BCUT2D eigenvalue weighted by Crippen LogP contribution is -2.33. The highest BCUT2D eigenvalue weighted by molar-refractivity contribution is 6.04. The Labute approximate surface area is 143 Å². The van der Waals surface area contributed by atoms with Gasteiger partial charge in [0.1, 0.15) is 5.69 Å². The SMILES string of the molecule is CCn1c(C)c(C(=O)CN(C)C(=O)CC(C)C)c(C)c1C(=O)OC. The van der Waals surface area contributed by atoms with Gasteiger partial charge in [-0.3, -0.25) is 9.59 Å². The van der Waals surface area contributed by atoms with Crippen molar-refractivity contribution in [3.63, 3.8) is 0 Å². The van der Waals surface area contributed by atoms with E-state index in [-0.39, 0.29) is 24.2 Å². The molecule has 1 heterocycles. The molecule has 0 atom stereocenters. The van der Waals surface area contributed by atoms with Crippen LogP contribution >= 0.6 is 0 Å². The van der Waals surface area contributed by atoms with Gasteiger partial charge in [-0.15, -0.1) is 0 Å². The fourth-order valence-electron chi connectivity index (χ4n) is 2.95. The number of carbonyl (C=O) groups excluding carboxylic acids is 3. The highest BCUT2D eigenvalue weighted by Gasteiger charge is 2.27. The third-order valence-electron chi connectivity index (χ3n) is 4.13. The summed E-state index contributed by atoms with van der Waals surface area (Å²) in [7, 11) is 2.95. The first-order chi connectivity index (χ1) is 11.1. The minimum absolute atomic E-state index is 0.00156. The summed E-state index contributed by atoms with van der Waals surface area (Å²) in [5.41, 5.74) is 2.24. The van der Waals surface area contributed by atoms with E-state index in [0.29, 0.717) is 29.8 Å². The number of ether oxygens (including phenoxy) is 1. The van der Waals surface area contributed by atoms with Gasteiger partial charge in [0.05, 0.1) is 13.7 Å². The maximum Gasteiger partial charge on any atom is 0.354 e. The monoisotopic (exact) mass is 336 g/mol. The molecule has 0 radical (unpaired) electrons. The number of likely N-dealkylation sites (N-methyl/N-ethyl adjacent to an activating group) is 1. The smallest absolute Gasteiger partial charge is 0.354 e. The van der Waals surface area contributed by atoms with Crippen LogP contribution < -0.4 is 0 Å². The third kappa shape index (κ3) is 4.04. The third-order valence-corrected chi connectivity index (χ3v) is 4.13. The Bertz CT molecular complexity index is 644. The van der Waals surface area contributed by atoms with E-state index >= 15 is 0 Å². The summed E-state index contributed by atoms with van der Waals surface area (Å²) in [6.07, 6.45) is 0.408. The van der Waals surface area contributed by atoms with E-state index in [1.165, 1.54) is 12.0 Å². The number of hydrogen-bond acceptors (Lipinski definition) is 4. The van der Waals surface area contributed by atoms with Crippen molar-refractivity contribution in [2.24, 2.45) is 5.92 Å². The van der Waals surface area contributed by atoms with Gasteiger partial charge in [-0.1, -0.05) is 13.8 Å². The van der Waals surface area contributed by atoms with Gasteiger partial charge in [-0.25, -0.2) is 4.79 Å². The first kappa shape index (κ1) is 19.9. The molecule has 6 nitrogen and oxygen atoms in total. The van der Waals surface area contributed by atoms with Gasteiger partial charge in [0.25, 0.3) is 0 Å². The van der Waals surface area contributed by atoms with Gasteiger partial charge in [0.2, 0.25) is 5.91 Å². The largest absolute Gasteiger partial charge is 0.464 e. The Kier molecular flexibility index (Phi) is 6.75. The van der Waals surface area contributed by atoms with E-state index in [9.17, 15) is 14.4 Å². The van der Waals surface area contributed by atoms with Crippen LogP contribution in [0, 0.1) is 19.8 Å². The van der Waals surface area contributed by atoms with E-state index in [0.717, 1.165) is 5.69 Å². The molecule has 1 aromatic rings. The van der Waals surface area contributed by atoms with Crippen molar-refractivity contribution in [1.29, 1.82) is 0 Å². The van der Waals surface area contributed by atoms with Crippen molar-refractivity contribution in [2.45, 2.75) is 47.6 Å². The maximum atomic E-state index is 12.7. The summed E-state index contributed by atoms with van der Waals surface area (Å²) in [4.78, 5) is 38.3. The molecule has 0 N–H and O–H groups in total. The molecule has 0 aliphatic rings. The Hall–Kier alpha value is -2.11. The Balaban J connectivity index is 3.14. The maximum absolute atomic E-state index is 12.7. The van der Waals surface area contributed by atoms with Gasteiger partial charge in [-0.05, 0) is 32.3 Å².